The molecule has 0 amide bonds. The number of benzene rings is 1. The molecule has 0 atom stereocenters. The standard InChI is InChI=1S/C12H15Cl2N3O/c13-10-3-2-9(8-11(10)14)18-7-4-16-12(15)17-5-1-6-17/h2-3,8H,1,4-7H2,(H2,15,16). The van der Waals surface area contributed by atoms with Crippen LogP contribution in [0.15, 0.2) is 23.2 Å². The van der Waals surface area contributed by atoms with Crippen LogP contribution in [0.3, 0.4) is 0 Å². The van der Waals surface area contributed by atoms with E-state index in [9.17, 15) is 0 Å². The lowest BCUT2D eigenvalue weighted by atomic mass is 10.2. The van der Waals surface area contributed by atoms with E-state index < -0.39 is 0 Å². The fourth-order valence-corrected chi connectivity index (χ4v) is 1.82. The lowest BCUT2D eigenvalue weighted by molar-refractivity contribution is 0.292. The number of rotatable bonds is 4. The zero-order valence-electron chi connectivity index (χ0n) is 9.90. The first-order chi connectivity index (χ1) is 8.66. The second kappa shape index (κ2) is 6.16. The maximum absolute atomic E-state index is 5.88. The van der Waals surface area contributed by atoms with Crippen molar-refractivity contribution in [3.63, 3.8) is 0 Å². The lowest BCUT2D eigenvalue weighted by Gasteiger charge is -2.31. The third-order valence-corrected chi connectivity index (χ3v) is 3.44. The Morgan fingerprint density at radius 1 is 1.33 bits per heavy atom. The Kier molecular flexibility index (Phi) is 4.55. The molecule has 4 nitrogen and oxygen atoms in total. The van der Waals surface area contributed by atoms with Crippen molar-refractivity contribution in [2.75, 3.05) is 26.2 Å². The summed E-state index contributed by atoms with van der Waals surface area (Å²) >= 11 is 11.7. The van der Waals surface area contributed by atoms with Crippen molar-refractivity contribution in [3.8, 4) is 5.75 Å². The molecule has 0 unspecified atom stereocenters. The predicted molar refractivity (Wildman–Crippen MR) is 74.6 cm³/mol. The Hall–Kier alpha value is -1.13. The van der Waals surface area contributed by atoms with Gasteiger partial charge in [0.2, 0.25) is 0 Å². The average Bonchev–Trinajstić information content (AvgIpc) is 2.27. The van der Waals surface area contributed by atoms with Crippen molar-refractivity contribution in [2.24, 2.45) is 10.7 Å². The van der Waals surface area contributed by atoms with Crippen molar-refractivity contribution >= 4 is 29.2 Å². The molecule has 98 valence electrons. The van der Waals surface area contributed by atoms with Gasteiger partial charge in [-0.15, -0.1) is 0 Å². The van der Waals surface area contributed by atoms with Gasteiger partial charge in [-0.25, -0.2) is 4.99 Å². The van der Waals surface area contributed by atoms with Gasteiger partial charge >= 0.3 is 0 Å². The molecule has 0 bridgehead atoms. The highest BCUT2D eigenvalue weighted by atomic mass is 35.5. The summed E-state index contributed by atoms with van der Waals surface area (Å²) in [7, 11) is 0. The minimum absolute atomic E-state index is 0.465. The van der Waals surface area contributed by atoms with E-state index in [1.165, 1.54) is 6.42 Å². The molecule has 1 aliphatic rings. The van der Waals surface area contributed by atoms with Crippen molar-refractivity contribution in [1.82, 2.24) is 4.90 Å². The van der Waals surface area contributed by atoms with E-state index >= 15 is 0 Å². The summed E-state index contributed by atoms with van der Waals surface area (Å²) in [6.07, 6.45) is 1.19. The first kappa shape index (κ1) is 13.3. The molecule has 0 aliphatic carbocycles. The monoisotopic (exact) mass is 287 g/mol. The maximum atomic E-state index is 5.88. The smallest absolute Gasteiger partial charge is 0.191 e. The van der Waals surface area contributed by atoms with E-state index in [1.54, 1.807) is 18.2 Å². The number of hydrogen-bond donors (Lipinski definition) is 1. The Morgan fingerprint density at radius 2 is 2.11 bits per heavy atom. The Morgan fingerprint density at radius 3 is 2.72 bits per heavy atom. The molecule has 1 aliphatic heterocycles. The lowest BCUT2D eigenvalue weighted by Crippen LogP contribution is -2.46. The van der Waals surface area contributed by atoms with E-state index in [-0.39, 0.29) is 0 Å². The summed E-state index contributed by atoms with van der Waals surface area (Å²) in [6.45, 7) is 3.00. The van der Waals surface area contributed by atoms with Crippen LogP contribution in [0.1, 0.15) is 6.42 Å². The highest BCUT2D eigenvalue weighted by Gasteiger charge is 2.14. The van der Waals surface area contributed by atoms with Crippen LogP contribution in [0.25, 0.3) is 0 Å². The van der Waals surface area contributed by atoms with Crippen LogP contribution >= 0.6 is 23.2 Å². The first-order valence-electron chi connectivity index (χ1n) is 5.79. The minimum Gasteiger partial charge on any atom is -0.492 e. The number of hydrogen-bond acceptors (Lipinski definition) is 2. The molecule has 0 radical (unpaired) electrons. The summed E-state index contributed by atoms with van der Waals surface area (Å²) in [4.78, 5) is 6.28. The minimum atomic E-state index is 0.465. The molecule has 2 N–H and O–H groups in total. The molecule has 0 saturated carbocycles. The summed E-state index contributed by atoms with van der Waals surface area (Å²) in [5, 5.41) is 1.00. The highest BCUT2D eigenvalue weighted by Crippen LogP contribution is 2.26. The number of halogens is 2. The van der Waals surface area contributed by atoms with Gasteiger partial charge in [-0.1, -0.05) is 23.2 Å². The summed E-state index contributed by atoms with van der Waals surface area (Å²) < 4.78 is 5.50. The van der Waals surface area contributed by atoms with Crippen LogP contribution in [0.5, 0.6) is 5.75 Å². The van der Waals surface area contributed by atoms with Crippen LogP contribution in [0, 0.1) is 0 Å². The SMILES string of the molecule is NC(=NCCOc1ccc(Cl)c(Cl)c1)N1CCC1. The second-order valence-electron chi connectivity index (χ2n) is 4.00. The average molecular weight is 288 g/mol. The van der Waals surface area contributed by atoms with Gasteiger partial charge in [-0.2, -0.15) is 0 Å². The molecule has 0 aromatic heterocycles. The highest BCUT2D eigenvalue weighted by molar-refractivity contribution is 6.42. The van der Waals surface area contributed by atoms with Crippen molar-refractivity contribution in [3.05, 3.63) is 28.2 Å². The van der Waals surface area contributed by atoms with Crippen molar-refractivity contribution in [1.29, 1.82) is 0 Å². The van der Waals surface area contributed by atoms with Gasteiger partial charge in [-0.05, 0) is 18.6 Å². The quantitative estimate of drug-likeness (QED) is 0.526. The molecule has 1 aromatic rings. The Balaban J connectivity index is 1.76. The van der Waals surface area contributed by atoms with Gasteiger partial charge < -0.3 is 15.4 Å². The zero-order chi connectivity index (χ0) is 13.0. The normalized spacial score (nSPS) is 15.4. The maximum Gasteiger partial charge on any atom is 0.191 e. The predicted octanol–water partition coefficient (Wildman–Crippen LogP) is 2.39. The molecule has 6 heteroatoms. The third kappa shape index (κ3) is 3.43. The third-order valence-electron chi connectivity index (χ3n) is 2.70. The largest absolute Gasteiger partial charge is 0.492 e. The molecule has 1 fully saturated rings. The van der Waals surface area contributed by atoms with Gasteiger partial charge in [0.25, 0.3) is 0 Å². The van der Waals surface area contributed by atoms with E-state index in [2.05, 4.69) is 4.99 Å². The van der Waals surface area contributed by atoms with E-state index in [0.29, 0.717) is 34.9 Å². The molecular formula is C12H15Cl2N3O. The molecule has 2 rings (SSSR count). The molecular weight excluding hydrogens is 273 g/mol. The van der Waals surface area contributed by atoms with Crippen LogP contribution < -0.4 is 10.5 Å². The molecule has 1 aromatic carbocycles. The van der Waals surface area contributed by atoms with Gasteiger partial charge in [0, 0.05) is 19.2 Å². The first-order valence-corrected chi connectivity index (χ1v) is 6.55. The number of nitrogens with two attached hydrogens (primary N) is 1. The fraction of sp³-hybridized carbons (Fsp3) is 0.417. The van der Waals surface area contributed by atoms with Gasteiger partial charge in [0.15, 0.2) is 5.96 Å². The van der Waals surface area contributed by atoms with Gasteiger partial charge in [-0.3, -0.25) is 0 Å². The molecule has 1 saturated heterocycles. The number of guanidine groups is 1. The number of ether oxygens (including phenoxy) is 1. The number of nitrogens with zero attached hydrogens (tertiary/aromatic N) is 2. The van der Waals surface area contributed by atoms with Crippen LogP contribution in [-0.2, 0) is 0 Å². The number of likely N-dealkylation sites (tertiary alicyclic amines) is 1. The van der Waals surface area contributed by atoms with Crippen LogP contribution in [-0.4, -0.2) is 37.1 Å². The Labute approximate surface area is 116 Å². The topological polar surface area (TPSA) is 50.9 Å². The summed E-state index contributed by atoms with van der Waals surface area (Å²) in [6, 6.07) is 5.17. The van der Waals surface area contributed by atoms with E-state index in [1.807, 2.05) is 4.90 Å². The molecule has 18 heavy (non-hydrogen) atoms. The van der Waals surface area contributed by atoms with Gasteiger partial charge in [0.1, 0.15) is 12.4 Å². The summed E-state index contributed by atoms with van der Waals surface area (Å²) in [5.41, 5.74) is 5.78. The Bertz CT molecular complexity index is 447. The zero-order valence-corrected chi connectivity index (χ0v) is 11.4. The van der Waals surface area contributed by atoms with Crippen LogP contribution in [0.4, 0.5) is 0 Å². The van der Waals surface area contributed by atoms with Crippen molar-refractivity contribution < 1.29 is 4.74 Å². The fourth-order valence-electron chi connectivity index (χ4n) is 1.54. The molecule has 1 heterocycles. The molecule has 0 spiro atoms. The van der Waals surface area contributed by atoms with E-state index in [4.69, 9.17) is 33.7 Å². The summed E-state index contributed by atoms with van der Waals surface area (Å²) in [5.74, 6) is 1.28. The van der Waals surface area contributed by atoms with E-state index in [0.717, 1.165) is 13.1 Å². The second-order valence-corrected chi connectivity index (χ2v) is 4.82. The van der Waals surface area contributed by atoms with Gasteiger partial charge in [0.05, 0.1) is 16.6 Å². The van der Waals surface area contributed by atoms with Crippen LogP contribution in [0.2, 0.25) is 10.0 Å². The van der Waals surface area contributed by atoms with Crippen molar-refractivity contribution in [2.45, 2.75) is 6.42 Å². The number of aliphatic imine (C=N–C) groups is 1.